The number of nitrogens with zero attached hydrogens (tertiary/aromatic N) is 2. The molecule has 0 aliphatic heterocycles. The van der Waals surface area contributed by atoms with Crippen LogP contribution in [0, 0.1) is 6.92 Å². The van der Waals surface area contributed by atoms with Gasteiger partial charge in [-0.3, -0.25) is 4.79 Å². The van der Waals surface area contributed by atoms with Gasteiger partial charge in [-0.05, 0) is 43.7 Å². The number of hydrogen-bond donors (Lipinski definition) is 2. The van der Waals surface area contributed by atoms with Crippen molar-refractivity contribution in [2.24, 2.45) is 0 Å². The van der Waals surface area contributed by atoms with Crippen LogP contribution in [0.2, 0.25) is 0 Å². The lowest BCUT2D eigenvalue weighted by Gasteiger charge is -2.17. The van der Waals surface area contributed by atoms with Crippen molar-refractivity contribution in [3.63, 3.8) is 0 Å². The smallest absolute Gasteiger partial charge is 0.325 e. The first-order valence-corrected chi connectivity index (χ1v) is 9.66. The molecule has 0 fully saturated rings. The summed E-state index contributed by atoms with van der Waals surface area (Å²) in [6.45, 7) is 4.05. The summed E-state index contributed by atoms with van der Waals surface area (Å²) >= 11 is 0. The maximum absolute atomic E-state index is 11.3. The fourth-order valence-electron chi connectivity index (χ4n) is 3.04. The van der Waals surface area contributed by atoms with Gasteiger partial charge in [0.2, 0.25) is 0 Å². The Bertz CT molecular complexity index is 1020. The highest BCUT2D eigenvalue weighted by Crippen LogP contribution is 2.26. The van der Waals surface area contributed by atoms with Crippen LogP contribution in [0.5, 0.6) is 5.75 Å². The number of benzene rings is 2. The lowest BCUT2D eigenvalue weighted by Crippen LogP contribution is -2.15. The molecule has 2 aromatic carbocycles. The molecule has 1 aromatic heterocycles. The van der Waals surface area contributed by atoms with E-state index in [1.807, 2.05) is 61.5 Å². The van der Waals surface area contributed by atoms with Crippen LogP contribution >= 0.6 is 0 Å². The van der Waals surface area contributed by atoms with Crippen LogP contribution in [0.3, 0.4) is 0 Å². The monoisotopic (exact) mass is 406 g/mol. The van der Waals surface area contributed by atoms with Crippen molar-refractivity contribution < 1.29 is 14.3 Å². The zero-order valence-corrected chi connectivity index (χ0v) is 17.6. The number of ether oxygens (including phenoxy) is 2. The number of carbonyl (C=O) groups excluding carboxylic acids is 1. The summed E-state index contributed by atoms with van der Waals surface area (Å²) in [7, 11) is 3.02. The zero-order chi connectivity index (χ0) is 21.5. The van der Waals surface area contributed by atoms with E-state index in [1.165, 1.54) is 7.11 Å². The second-order valence-electron chi connectivity index (χ2n) is 6.84. The molecule has 3 rings (SSSR count). The first kappa shape index (κ1) is 21.1. The SMILES string of the molecule is COC(=O)CNc1cccc(C(C)Nc2cc(-c3cccc(OC)c3)nc(C)n2)c1. The molecule has 2 N–H and O–H groups in total. The van der Waals surface area contributed by atoms with Crippen molar-refractivity contribution in [1.82, 2.24) is 9.97 Å². The van der Waals surface area contributed by atoms with Gasteiger partial charge in [0.1, 0.15) is 23.9 Å². The molecule has 1 heterocycles. The molecule has 3 aromatic rings. The van der Waals surface area contributed by atoms with Gasteiger partial charge in [0.05, 0.1) is 26.0 Å². The summed E-state index contributed by atoms with van der Waals surface area (Å²) in [6.07, 6.45) is 0. The number of esters is 1. The first-order valence-electron chi connectivity index (χ1n) is 9.66. The molecule has 0 amide bonds. The molecule has 7 nitrogen and oxygen atoms in total. The lowest BCUT2D eigenvalue weighted by atomic mass is 10.1. The van der Waals surface area contributed by atoms with Crippen LogP contribution in [-0.4, -0.2) is 36.7 Å². The number of aryl methyl sites for hydroxylation is 1. The Kier molecular flexibility index (Phi) is 6.85. The van der Waals surface area contributed by atoms with E-state index in [2.05, 4.69) is 32.3 Å². The average Bonchev–Trinajstić information content (AvgIpc) is 2.77. The van der Waals surface area contributed by atoms with E-state index in [0.717, 1.165) is 34.1 Å². The third-order valence-corrected chi connectivity index (χ3v) is 4.62. The van der Waals surface area contributed by atoms with Crippen LogP contribution in [-0.2, 0) is 9.53 Å². The molecule has 0 saturated carbocycles. The molecule has 30 heavy (non-hydrogen) atoms. The third-order valence-electron chi connectivity index (χ3n) is 4.62. The van der Waals surface area contributed by atoms with Gasteiger partial charge in [-0.1, -0.05) is 24.3 Å². The summed E-state index contributed by atoms with van der Waals surface area (Å²) < 4.78 is 9.98. The van der Waals surface area contributed by atoms with Gasteiger partial charge in [0.15, 0.2) is 0 Å². The Morgan fingerprint density at radius 2 is 1.87 bits per heavy atom. The standard InChI is InChI=1S/C23H26N4O3/c1-15(17-7-5-9-19(11-17)24-14-23(28)30-4)25-22-13-21(26-16(2)27-22)18-8-6-10-20(12-18)29-3/h5-13,15,24H,14H2,1-4H3,(H,25,26,27). The maximum atomic E-state index is 11.3. The average molecular weight is 406 g/mol. The second kappa shape index (κ2) is 9.73. The molecule has 0 bridgehead atoms. The highest BCUT2D eigenvalue weighted by atomic mass is 16.5. The summed E-state index contributed by atoms with van der Waals surface area (Å²) in [5, 5.41) is 6.50. The van der Waals surface area contributed by atoms with Gasteiger partial charge in [-0.25, -0.2) is 9.97 Å². The number of aromatic nitrogens is 2. The number of nitrogens with one attached hydrogen (secondary N) is 2. The molecular formula is C23H26N4O3. The summed E-state index contributed by atoms with van der Waals surface area (Å²) in [4.78, 5) is 20.4. The number of hydrogen-bond acceptors (Lipinski definition) is 7. The largest absolute Gasteiger partial charge is 0.497 e. The number of anilines is 2. The van der Waals surface area contributed by atoms with Gasteiger partial charge in [-0.2, -0.15) is 0 Å². The molecular weight excluding hydrogens is 380 g/mol. The van der Waals surface area contributed by atoms with Crippen molar-refractivity contribution in [3.8, 4) is 17.0 Å². The van der Waals surface area contributed by atoms with E-state index >= 15 is 0 Å². The van der Waals surface area contributed by atoms with Crippen LogP contribution in [0.1, 0.15) is 24.4 Å². The van der Waals surface area contributed by atoms with Crippen molar-refractivity contribution >= 4 is 17.5 Å². The van der Waals surface area contributed by atoms with E-state index < -0.39 is 0 Å². The molecule has 0 aliphatic rings. The normalized spacial score (nSPS) is 11.5. The van der Waals surface area contributed by atoms with Gasteiger partial charge < -0.3 is 20.1 Å². The van der Waals surface area contributed by atoms with Crippen LogP contribution in [0.25, 0.3) is 11.3 Å². The van der Waals surface area contributed by atoms with Gasteiger partial charge >= 0.3 is 5.97 Å². The van der Waals surface area contributed by atoms with Crippen molar-refractivity contribution in [2.75, 3.05) is 31.4 Å². The lowest BCUT2D eigenvalue weighted by molar-refractivity contribution is -0.138. The van der Waals surface area contributed by atoms with E-state index in [1.54, 1.807) is 7.11 Å². The van der Waals surface area contributed by atoms with Gasteiger partial charge in [0, 0.05) is 17.3 Å². The van der Waals surface area contributed by atoms with Crippen molar-refractivity contribution in [1.29, 1.82) is 0 Å². The van der Waals surface area contributed by atoms with E-state index in [4.69, 9.17) is 4.74 Å². The molecule has 0 spiro atoms. The van der Waals surface area contributed by atoms with E-state index in [0.29, 0.717) is 5.82 Å². The maximum Gasteiger partial charge on any atom is 0.325 e. The minimum atomic E-state index is -0.312. The summed E-state index contributed by atoms with van der Waals surface area (Å²) in [5.41, 5.74) is 3.70. The Balaban J connectivity index is 1.77. The summed E-state index contributed by atoms with van der Waals surface area (Å²) in [5.74, 6) is 1.88. The Hall–Kier alpha value is -3.61. The quantitative estimate of drug-likeness (QED) is 0.542. The highest BCUT2D eigenvalue weighted by molar-refractivity contribution is 5.74. The molecule has 156 valence electrons. The van der Waals surface area contributed by atoms with Crippen LogP contribution in [0.4, 0.5) is 11.5 Å². The topological polar surface area (TPSA) is 85.4 Å². The molecule has 0 aliphatic carbocycles. The Morgan fingerprint density at radius 1 is 1.07 bits per heavy atom. The highest BCUT2D eigenvalue weighted by Gasteiger charge is 2.11. The number of carbonyl (C=O) groups is 1. The second-order valence-corrected chi connectivity index (χ2v) is 6.84. The van der Waals surface area contributed by atoms with Crippen molar-refractivity contribution in [2.45, 2.75) is 19.9 Å². The molecule has 0 saturated heterocycles. The van der Waals surface area contributed by atoms with E-state index in [-0.39, 0.29) is 18.6 Å². The predicted octanol–water partition coefficient (Wildman–Crippen LogP) is 4.22. The molecule has 1 atom stereocenters. The minimum Gasteiger partial charge on any atom is -0.497 e. The van der Waals surface area contributed by atoms with Crippen molar-refractivity contribution in [3.05, 3.63) is 66.0 Å². The van der Waals surface area contributed by atoms with Crippen LogP contribution in [0.15, 0.2) is 54.6 Å². The molecule has 1 unspecified atom stereocenters. The zero-order valence-electron chi connectivity index (χ0n) is 17.6. The number of rotatable bonds is 8. The Labute approximate surface area is 176 Å². The van der Waals surface area contributed by atoms with Gasteiger partial charge in [-0.15, -0.1) is 0 Å². The predicted molar refractivity (Wildman–Crippen MR) is 118 cm³/mol. The Morgan fingerprint density at radius 3 is 2.63 bits per heavy atom. The first-order chi connectivity index (χ1) is 14.5. The van der Waals surface area contributed by atoms with E-state index in [9.17, 15) is 4.79 Å². The van der Waals surface area contributed by atoms with Gasteiger partial charge in [0.25, 0.3) is 0 Å². The molecule has 7 heteroatoms. The fraction of sp³-hybridized carbons (Fsp3) is 0.261. The fourth-order valence-corrected chi connectivity index (χ4v) is 3.04. The summed E-state index contributed by atoms with van der Waals surface area (Å²) in [6, 6.07) is 17.6. The third kappa shape index (κ3) is 5.47. The minimum absolute atomic E-state index is 0.00247. The molecule has 0 radical (unpaired) electrons. The number of methoxy groups -OCH3 is 2. The van der Waals surface area contributed by atoms with Crippen LogP contribution < -0.4 is 15.4 Å².